The summed E-state index contributed by atoms with van der Waals surface area (Å²) in [5.74, 6) is 2.18. The molecule has 2 N–H and O–H groups in total. The van der Waals surface area contributed by atoms with Crippen LogP contribution in [-0.2, 0) is 11.0 Å². The summed E-state index contributed by atoms with van der Waals surface area (Å²) in [5, 5.41) is 0. The number of aromatic nitrogens is 2. The second-order valence-corrected chi connectivity index (χ2v) is 12.9. The number of hydrogen-bond donors (Lipinski definition) is 2. The summed E-state index contributed by atoms with van der Waals surface area (Å²) in [6.45, 7) is 7.14. The van der Waals surface area contributed by atoms with Gasteiger partial charge in [-0.1, -0.05) is 32.9 Å². The SMILES string of the molecule is C[C@H]1C[C@@H](C)C[C@@H](N2C3=CC(n4c(=O)c(CCP(=O)(O)O)nc5ccccc54)C=C2C3)C[C@@H](C)C1. The van der Waals surface area contributed by atoms with E-state index in [1.54, 1.807) is 4.57 Å². The molecule has 1 saturated carbocycles. The van der Waals surface area contributed by atoms with Crippen LogP contribution in [0.2, 0.25) is 0 Å². The predicted octanol–water partition coefficient (Wildman–Crippen LogP) is 5.00. The lowest BCUT2D eigenvalue weighted by Gasteiger charge is -2.50. The van der Waals surface area contributed by atoms with Gasteiger partial charge in [-0.3, -0.25) is 13.9 Å². The molecule has 2 aliphatic carbocycles. The average Bonchev–Trinajstić information content (AvgIpc) is 2.75. The Balaban J connectivity index is 1.47. The molecule has 0 amide bonds. The third-order valence-corrected chi connectivity index (χ3v) is 8.64. The predicted molar refractivity (Wildman–Crippen MR) is 138 cm³/mol. The zero-order valence-electron chi connectivity index (χ0n) is 20.8. The van der Waals surface area contributed by atoms with Crippen LogP contribution in [0.1, 0.15) is 64.6 Å². The van der Waals surface area contributed by atoms with Gasteiger partial charge in [-0.2, -0.15) is 0 Å². The first kappa shape index (κ1) is 24.5. The van der Waals surface area contributed by atoms with E-state index in [0.717, 1.165) is 17.9 Å². The lowest BCUT2D eigenvalue weighted by Crippen LogP contribution is -2.46. The van der Waals surface area contributed by atoms with Crippen molar-refractivity contribution in [3.8, 4) is 0 Å². The van der Waals surface area contributed by atoms with Crippen molar-refractivity contribution in [1.82, 2.24) is 14.5 Å². The average molecular weight is 498 g/mol. The topological polar surface area (TPSA) is 95.7 Å². The standard InChI is InChI=1S/C27H36N3O4P/c1-17-10-18(2)12-20(13-19(3)11-17)29-21-14-22(29)16-23(15-21)30-26-7-5-4-6-24(26)28-25(27(30)31)8-9-35(32,33)34/h4-7,15-20,23H,8-14H2,1-3H3,(H2,32,33,34)/t17-,18+,19-,20+. The summed E-state index contributed by atoms with van der Waals surface area (Å²) in [6, 6.07) is 7.79. The zero-order valence-corrected chi connectivity index (χ0v) is 21.7. The summed E-state index contributed by atoms with van der Waals surface area (Å²) < 4.78 is 13.2. The molecule has 4 aliphatic rings. The van der Waals surface area contributed by atoms with Crippen LogP contribution in [0.3, 0.4) is 0 Å². The fraction of sp³-hybridized carbons (Fsp3) is 0.556. The van der Waals surface area contributed by atoms with Gasteiger partial charge in [0.2, 0.25) is 0 Å². The molecular weight excluding hydrogens is 461 g/mol. The van der Waals surface area contributed by atoms with Gasteiger partial charge in [-0.25, -0.2) is 4.98 Å². The third kappa shape index (κ3) is 5.04. The van der Waals surface area contributed by atoms with Crippen molar-refractivity contribution in [3.05, 3.63) is 63.9 Å². The Morgan fingerprint density at radius 2 is 1.57 bits per heavy atom. The van der Waals surface area contributed by atoms with Crippen molar-refractivity contribution in [1.29, 1.82) is 0 Å². The maximum Gasteiger partial charge on any atom is 0.325 e. The van der Waals surface area contributed by atoms with Crippen molar-refractivity contribution >= 4 is 18.6 Å². The molecule has 8 heteroatoms. The molecule has 7 nitrogen and oxygen atoms in total. The van der Waals surface area contributed by atoms with E-state index in [9.17, 15) is 19.1 Å². The van der Waals surface area contributed by atoms with E-state index in [1.807, 2.05) is 24.3 Å². The number of hydrogen-bond acceptors (Lipinski definition) is 4. The minimum Gasteiger partial charge on any atom is -0.345 e. The van der Waals surface area contributed by atoms with Crippen molar-refractivity contribution in [2.24, 2.45) is 17.8 Å². The summed E-state index contributed by atoms with van der Waals surface area (Å²) in [6.07, 6.45) is 9.86. The normalized spacial score (nSPS) is 27.6. The van der Waals surface area contributed by atoms with Gasteiger partial charge in [0.15, 0.2) is 0 Å². The molecule has 0 radical (unpaired) electrons. The Hall–Kier alpha value is -2.21. The number of nitrogens with zero attached hydrogens (tertiary/aromatic N) is 3. The number of fused-ring (bicyclic) bond motifs is 3. The summed E-state index contributed by atoms with van der Waals surface area (Å²) >= 11 is 0. The minimum atomic E-state index is -4.23. The Bertz CT molecular complexity index is 1260. The van der Waals surface area contributed by atoms with E-state index in [2.05, 4.69) is 42.8 Å². The van der Waals surface area contributed by atoms with Crippen LogP contribution in [0.5, 0.6) is 0 Å². The van der Waals surface area contributed by atoms with E-state index in [4.69, 9.17) is 0 Å². The molecule has 0 unspecified atom stereocenters. The molecule has 2 aromatic rings. The van der Waals surface area contributed by atoms with Crippen LogP contribution in [0.4, 0.5) is 0 Å². The second-order valence-electron chi connectivity index (χ2n) is 11.1. The van der Waals surface area contributed by atoms with Crippen LogP contribution >= 0.6 is 7.60 Å². The Kier molecular flexibility index (Phi) is 6.54. The number of para-hydroxylation sites is 2. The van der Waals surface area contributed by atoms with E-state index < -0.39 is 7.60 Å². The number of aryl methyl sites for hydroxylation is 1. The van der Waals surface area contributed by atoms with Crippen molar-refractivity contribution in [2.45, 2.75) is 71.4 Å². The molecule has 2 bridgehead atoms. The molecule has 0 spiro atoms. The molecule has 1 saturated heterocycles. The zero-order chi connectivity index (χ0) is 24.9. The smallest absolute Gasteiger partial charge is 0.325 e. The second kappa shape index (κ2) is 9.34. The molecule has 3 heterocycles. The van der Waals surface area contributed by atoms with Gasteiger partial charge in [0.1, 0.15) is 5.69 Å². The van der Waals surface area contributed by atoms with Gasteiger partial charge < -0.3 is 14.7 Å². The third-order valence-electron chi connectivity index (χ3n) is 7.83. The van der Waals surface area contributed by atoms with Gasteiger partial charge in [0.05, 0.1) is 23.2 Å². The molecule has 1 aromatic carbocycles. The summed E-state index contributed by atoms with van der Waals surface area (Å²) in [7, 11) is -4.23. The lowest BCUT2D eigenvalue weighted by molar-refractivity contribution is 0.143. The van der Waals surface area contributed by atoms with Crippen LogP contribution in [-0.4, -0.2) is 36.4 Å². The highest BCUT2D eigenvalue weighted by Gasteiger charge is 2.39. The van der Waals surface area contributed by atoms with E-state index in [1.165, 1.54) is 37.1 Å². The highest BCUT2D eigenvalue weighted by Crippen LogP contribution is 2.46. The molecule has 1 aromatic heterocycles. The molecule has 2 aliphatic heterocycles. The number of allylic oxidation sites excluding steroid dienone is 2. The first-order chi connectivity index (χ1) is 16.6. The highest BCUT2D eigenvalue weighted by atomic mass is 31.2. The molecule has 4 atom stereocenters. The Morgan fingerprint density at radius 3 is 2.20 bits per heavy atom. The first-order valence-electron chi connectivity index (χ1n) is 12.8. The Labute approximate surface area is 206 Å². The maximum absolute atomic E-state index is 13.5. The minimum absolute atomic E-state index is 0.0454. The summed E-state index contributed by atoms with van der Waals surface area (Å²) in [5.41, 5.74) is 3.91. The number of rotatable bonds is 5. The molecule has 188 valence electrons. The maximum atomic E-state index is 13.5. The van der Waals surface area contributed by atoms with E-state index >= 15 is 0 Å². The van der Waals surface area contributed by atoms with Crippen LogP contribution in [0, 0.1) is 17.8 Å². The quantitative estimate of drug-likeness (QED) is 0.565. The van der Waals surface area contributed by atoms with Gasteiger partial charge >= 0.3 is 7.60 Å². The first-order valence-corrected chi connectivity index (χ1v) is 14.6. The molecular formula is C27H36N3O4P. The van der Waals surface area contributed by atoms with Crippen LogP contribution < -0.4 is 5.56 Å². The Morgan fingerprint density at radius 1 is 0.971 bits per heavy atom. The fourth-order valence-corrected chi connectivity index (χ4v) is 7.10. The van der Waals surface area contributed by atoms with E-state index in [-0.39, 0.29) is 29.9 Å². The number of benzene rings is 1. The van der Waals surface area contributed by atoms with Gasteiger partial charge in [0.25, 0.3) is 5.56 Å². The largest absolute Gasteiger partial charge is 0.345 e. The molecule has 6 rings (SSSR count). The van der Waals surface area contributed by atoms with Crippen molar-refractivity contribution in [2.75, 3.05) is 6.16 Å². The van der Waals surface area contributed by atoms with Crippen LogP contribution in [0.15, 0.2) is 52.6 Å². The van der Waals surface area contributed by atoms with Crippen molar-refractivity contribution in [3.63, 3.8) is 0 Å². The van der Waals surface area contributed by atoms with Gasteiger partial charge in [0, 0.05) is 30.3 Å². The van der Waals surface area contributed by atoms with Gasteiger partial charge in [-0.15, -0.1) is 0 Å². The van der Waals surface area contributed by atoms with Crippen molar-refractivity contribution < 1.29 is 14.4 Å². The highest BCUT2D eigenvalue weighted by molar-refractivity contribution is 7.51. The summed E-state index contributed by atoms with van der Waals surface area (Å²) in [4.78, 5) is 39.1. The van der Waals surface area contributed by atoms with Gasteiger partial charge in [-0.05, 0) is 67.7 Å². The molecule has 35 heavy (non-hydrogen) atoms. The van der Waals surface area contributed by atoms with E-state index in [0.29, 0.717) is 23.4 Å². The lowest BCUT2D eigenvalue weighted by atomic mass is 9.77. The van der Waals surface area contributed by atoms with Crippen LogP contribution in [0.25, 0.3) is 11.0 Å². The molecule has 2 fully saturated rings. The fourth-order valence-electron chi connectivity index (χ4n) is 6.60. The monoisotopic (exact) mass is 497 g/mol.